The molecule has 1 N–H and O–H groups in total. The van der Waals surface area contributed by atoms with Gasteiger partial charge in [0.05, 0.1) is 18.1 Å². The van der Waals surface area contributed by atoms with E-state index in [4.69, 9.17) is 11.6 Å². The molecule has 1 aromatic heterocycles. The summed E-state index contributed by atoms with van der Waals surface area (Å²) in [7, 11) is 0. The summed E-state index contributed by atoms with van der Waals surface area (Å²) in [5.41, 5.74) is 3.28. The molecule has 0 spiro atoms. The van der Waals surface area contributed by atoms with Crippen molar-refractivity contribution < 1.29 is 4.79 Å². The van der Waals surface area contributed by atoms with Crippen LogP contribution in [0.1, 0.15) is 5.56 Å². The number of hydrogen-bond donors (Lipinski definition) is 1. The van der Waals surface area contributed by atoms with Gasteiger partial charge in [0, 0.05) is 10.7 Å². The number of nitrogens with one attached hydrogen (secondary N) is 1. The number of carbonyl (C=O) groups excluding carboxylic acids is 1. The van der Waals surface area contributed by atoms with E-state index in [0.29, 0.717) is 11.4 Å². The van der Waals surface area contributed by atoms with E-state index in [-0.39, 0.29) is 5.91 Å². The Morgan fingerprint density at radius 2 is 1.85 bits per heavy atom. The fourth-order valence-corrected chi connectivity index (χ4v) is 2.50. The maximum atomic E-state index is 12.0. The van der Waals surface area contributed by atoms with Gasteiger partial charge in [0.25, 0.3) is 0 Å². The van der Waals surface area contributed by atoms with Gasteiger partial charge in [-0.15, -0.1) is 0 Å². The summed E-state index contributed by atoms with van der Waals surface area (Å²) in [4.78, 5) is 12.0. The molecule has 1 heterocycles. The smallest absolute Gasteiger partial charge is 0.228 e. The first-order valence-electron chi connectivity index (χ1n) is 5.97. The van der Waals surface area contributed by atoms with Crippen LogP contribution in [-0.4, -0.2) is 14.7 Å². The Bertz CT molecular complexity index is 754. The number of benzene rings is 2. The average Bonchev–Trinajstić information content (AvgIpc) is 2.89. The van der Waals surface area contributed by atoms with Gasteiger partial charge in [0.1, 0.15) is 11.0 Å². The fourth-order valence-electron chi connectivity index (χ4n) is 1.85. The van der Waals surface area contributed by atoms with Crippen LogP contribution in [0.15, 0.2) is 42.5 Å². The number of aromatic nitrogens is 2. The number of rotatable bonds is 3. The van der Waals surface area contributed by atoms with Crippen LogP contribution in [0.5, 0.6) is 0 Å². The lowest BCUT2D eigenvalue weighted by Gasteiger charge is -2.05. The molecule has 100 valence electrons. The lowest BCUT2D eigenvalue weighted by molar-refractivity contribution is -0.115. The largest absolute Gasteiger partial charge is 0.326 e. The molecule has 1 amide bonds. The first kappa shape index (κ1) is 13.0. The molecule has 20 heavy (non-hydrogen) atoms. The molecular formula is C14H10ClN3OS. The maximum Gasteiger partial charge on any atom is 0.228 e. The van der Waals surface area contributed by atoms with Crippen LogP contribution in [0.2, 0.25) is 5.02 Å². The average molecular weight is 304 g/mol. The van der Waals surface area contributed by atoms with Crippen molar-refractivity contribution in [1.82, 2.24) is 8.75 Å². The minimum absolute atomic E-state index is 0.0742. The summed E-state index contributed by atoms with van der Waals surface area (Å²) in [6, 6.07) is 12.7. The number of carbonyl (C=O) groups is 1. The van der Waals surface area contributed by atoms with E-state index in [1.54, 1.807) is 12.1 Å². The second kappa shape index (κ2) is 5.56. The summed E-state index contributed by atoms with van der Waals surface area (Å²) in [5.74, 6) is -0.0742. The molecule has 3 rings (SSSR count). The van der Waals surface area contributed by atoms with Crippen molar-refractivity contribution in [1.29, 1.82) is 0 Å². The number of nitrogens with zero attached hydrogens (tertiary/aromatic N) is 2. The fraction of sp³-hybridized carbons (Fsp3) is 0.0714. The van der Waals surface area contributed by atoms with Crippen LogP contribution in [0.25, 0.3) is 11.0 Å². The molecule has 0 aliphatic carbocycles. The highest BCUT2D eigenvalue weighted by Crippen LogP contribution is 2.17. The van der Waals surface area contributed by atoms with Crippen molar-refractivity contribution in [2.24, 2.45) is 0 Å². The number of hydrogen-bond acceptors (Lipinski definition) is 4. The third kappa shape index (κ3) is 2.95. The predicted molar refractivity (Wildman–Crippen MR) is 81.2 cm³/mol. The Morgan fingerprint density at radius 3 is 2.65 bits per heavy atom. The van der Waals surface area contributed by atoms with Gasteiger partial charge in [-0.1, -0.05) is 23.7 Å². The van der Waals surface area contributed by atoms with Crippen LogP contribution in [0.4, 0.5) is 5.69 Å². The first-order chi connectivity index (χ1) is 9.70. The van der Waals surface area contributed by atoms with E-state index < -0.39 is 0 Å². The minimum atomic E-state index is -0.0742. The molecule has 2 aromatic carbocycles. The highest BCUT2D eigenvalue weighted by atomic mass is 35.5. The second-order valence-corrected chi connectivity index (χ2v) is 5.28. The molecule has 0 aliphatic rings. The first-order valence-corrected chi connectivity index (χ1v) is 7.08. The highest BCUT2D eigenvalue weighted by molar-refractivity contribution is 7.00. The number of fused-ring (bicyclic) bond motifs is 1. The van der Waals surface area contributed by atoms with Crippen molar-refractivity contribution in [2.45, 2.75) is 6.42 Å². The van der Waals surface area contributed by atoms with Crippen LogP contribution in [0.3, 0.4) is 0 Å². The van der Waals surface area contributed by atoms with Gasteiger partial charge in [-0.3, -0.25) is 4.79 Å². The Hall–Kier alpha value is -1.98. The zero-order chi connectivity index (χ0) is 13.9. The number of anilines is 1. The molecule has 0 bridgehead atoms. The minimum Gasteiger partial charge on any atom is -0.326 e. The molecule has 0 aliphatic heterocycles. The third-order valence-corrected chi connectivity index (χ3v) is 3.62. The molecule has 0 fully saturated rings. The second-order valence-electron chi connectivity index (χ2n) is 4.32. The SMILES string of the molecule is O=C(Cc1ccc(Cl)cc1)Nc1ccc2nsnc2c1. The van der Waals surface area contributed by atoms with E-state index in [2.05, 4.69) is 14.1 Å². The quantitative estimate of drug-likeness (QED) is 0.805. The van der Waals surface area contributed by atoms with Crippen molar-refractivity contribution in [3.05, 3.63) is 53.1 Å². The van der Waals surface area contributed by atoms with Crippen LogP contribution in [0, 0.1) is 0 Å². The van der Waals surface area contributed by atoms with Crippen LogP contribution < -0.4 is 5.32 Å². The van der Waals surface area contributed by atoms with E-state index in [1.807, 2.05) is 30.3 Å². The summed E-state index contributed by atoms with van der Waals surface area (Å²) in [6.45, 7) is 0. The van der Waals surface area contributed by atoms with Gasteiger partial charge >= 0.3 is 0 Å². The predicted octanol–water partition coefficient (Wildman–Crippen LogP) is 3.53. The van der Waals surface area contributed by atoms with Crippen molar-refractivity contribution in [2.75, 3.05) is 5.32 Å². The van der Waals surface area contributed by atoms with Crippen LogP contribution >= 0.6 is 23.3 Å². The monoisotopic (exact) mass is 303 g/mol. The number of halogens is 1. The van der Waals surface area contributed by atoms with Crippen molar-refractivity contribution in [3.8, 4) is 0 Å². The van der Waals surface area contributed by atoms with Gasteiger partial charge in [0.2, 0.25) is 5.91 Å². The van der Waals surface area contributed by atoms with Gasteiger partial charge in [0.15, 0.2) is 0 Å². The van der Waals surface area contributed by atoms with Crippen LogP contribution in [-0.2, 0) is 11.2 Å². The summed E-state index contributed by atoms with van der Waals surface area (Å²) >= 11 is 6.97. The number of amides is 1. The van der Waals surface area contributed by atoms with Crippen molar-refractivity contribution >= 4 is 46.0 Å². The third-order valence-electron chi connectivity index (χ3n) is 2.82. The standard InChI is InChI=1S/C14H10ClN3OS/c15-10-3-1-9(2-4-10)7-14(19)16-11-5-6-12-13(8-11)18-20-17-12/h1-6,8H,7H2,(H,16,19). The van der Waals surface area contributed by atoms with Gasteiger partial charge in [-0.25, -0.2) is 0 Å². The van der Waals surface area contributed by atoms with E-state index >= 15 is 0 Å². The Balaban J connectivity index is 1.70. The Morgan fingerprint density at radius 1 is 1.10 bits per heavy atom. The zero-order valence-electron chi connectivity index (χ0n) is 10.3. The molecule has 0 radical (unpaired) electrons. The highest BCUT2D eigenvalue weighted by Gasteiger charge is 2.06. The molecule has 4 nitrogen and oxygen atoms in total. The topological polar surface area (TPSA) is 54.9 Å². The van der Waals surface area contributed by atoms with E-state index in [9.17, 15) is 4.79 Å². The van der Waals surface area contributed by atoms with Crippen molar-refractivity contribution in [3.63, 3.8) is 0 Å². The van der Waals surface area contributed by atoms with E-state index in [0.717, 1.165) is 34.0 Å². The summed E-state index contributed by atoms with van der Waals surface area (Å²) < 4.78 is 8.27. The zero-order valence-corrected chi connectivity index (χ0v) is 11.9. The molecular weight excluding hydrogens is 294 g/mol. The lowest BCUT2D eigenvalue weighted by Crippen LogP contribution is -2.14. The van der Waals surface area contributed by atoms with Gasteiger partial charge in [-0.2, -0.15) is 8.75 Å². The van der Waals surface area contributed by atoms with Gasteiger partial charge in [-0.05, 0) is 35.9 Å². The Labute approximate surface area is 124 Å². The Kier molecular flexibility index (Phi) is 3.62. The molecule has 0 unspecified atom stereocenters. The van der Waals surface area contributed by atoms with Gasteiger partial charge < -0.3 is 5.32 Å². The molecule has 3 aromatic rings. The molecule has 0 saturated heterocycles. The van der Waals surface area contributed by atoms with E-state index in [1.165, 1.54) is 0 Å². The normalized spacial score (nSPS) is 10.7. The molecule has 0 atom stereocenters. The molecule has 0 saturated carbocycles. The summed E-state index contributed by atoms with van der Waals surface area (Å²) in [6.07, 6.45) is 0.310. The maximum absolute atomic E-state index is 12.0. The summed E-state index contributed by atoms with van der Waals surface area (Å²) in [5, 5.41) is 3.51. The lowest BCUT2D eigenvalue weighted by atomic mass is 10.1. The molecule has 6 heteroatoms.